The number of nitrogens with two attached hydrogens (primary N) is 1. The zero-order valence-electron chi connectivity index (χ0n) is 14.6. The number of ether oxygens (including phenoxy) is 1. The Kier molecular flexibility index (Phi) is 5.10. The van der Waals surface area contributed by atoms with Crippen LogP contribution < -0.4 is 10.6 Å². The van der Waals surface area contributed by atoms with Gasteiger partial charge in [0.15, 0.2) is 0 Å². The molecule has 8 heteroatoms. The van der Waals surface area contributed by atoms with Crippen LogP contribution in [0.5, 0.6) is 0 Å². The number of nitrogen functional groups attached to an aromatic ring is 1. The standard InChI is InChI=1S/C17H22FN5OS/c1-17(2,25-3)14-9-13(11-10-20-15(19)8-12(11)18)21-16(22-14)23-4-6-24-7-5-23/h8-10H,4-7H2,1-3H3,(H2,19,20). The Morgan fingerprint density at radius 2 is 1.96 bits per heavy atom. The van der Waals surface area contributed by atoms with Gasteiger partial charge in [0.2, 0.25) is 5.95 Å². The molecule has 0 radical (unpaired) electrons. The maximum atomic E-state index is 14.4. The lowest BCUT2D eigenvalue weighted by Crippen LogP contribution is -2.37. The van der Waals surface area contributed by atoms with Crippen molar-refractivity contribution >= 4 is 23.5 Å². The van der Waals surface area contributed by atoms with E-state index in [0.29, 0.717) is 43.5 Å². The van der Waals surface area contributed by atoms with Crippen molar-refractivity contribution in [3.8, 4) is 11.3 Å². The number of morpholine rings is 1. The van der Waals surface area contributed by atoms with E-state index in [9.17, 15) is 4.39 Å². The molecule has 0 aliphatic carbocycles. The second kappa shape index (κ2) is 7.13. The molecule has 25 heavy (non-hydrogen) atoms. The molecule has 2 N–H and O–H groups in total. The number of nitrogens with zero attached hydrogens (tertiary/aromatic N) is 4. The third-order valence-corrected chi connectivity index (χ3v) is 5.52. The Morgan fingerprint density at radius 1 is 1.24 bits per heavy atom. The van der Waals surface area contributed by atoms with Crippen molar-refractivity contribution in [1.82, 2.24) is 15.0 Å². The molecule has 0 aromatic carbocycles. The lowest BCUT2D eigenvalue weighted by molar-refractivity contribution is 0.122. The van der Waals surface area contributed by atoms with Crippen LogP contribution in [-0.2, 0) is 9.48 Å². The summed E-state index contributed by atoms with van der Waals surface area (Å²) in [5.41, 5.74) is 7.25. The van der Waals surface area contributed by atoms with Gasteiger partial charge < -0.3 is 15.4 Å². The third-order valence-electron chi connectivity index (χ3n) is 4.29. The largest absolute Gasteiger partial charge is 0.384 e. The maximum absolute atomic E-state index is 14.4. The van der Waals surface area contributed by atoms with Gasteiger partial charge in [-0.05, 0) is 26.2 Å². The first-order valence-corrected chi connectivity index (χ1v) is 9.32. The molecule has 2 aromatic rings. The number of rotatable bonds is 4. The van der Waals surface area contributed by atoms with E-state index in [1.54, 1.807) is 11.8 Å². The predicted molar refractivity (Wildman–Crippen MR) is 99.2 cm³/mol. The number of pyridine rings is 1. The van der Waals surface area contributed by atoms with Gasteiger partial charge in [-0.1, -0.05) is 0 Å². The first-order valence-electron chi connectivity index (χ1n) is 8.09. The molecule has 1 aliphatic heterocycles. The molecule has 0 unspecified atom stereocenters. The molecule has 0 spiro atoms. The van der Waals surface area contributed by atoms with Crippen LogP contribution in [0.4, 0.5) is 16.2 Å². The van der Waals surface area contributed by atoms with E-state index >= 15 is 0 Å². The van der Waals surface area contributed by atoms with Crippen molar-refractivity contribution in [3.05, 3.63) is 29.8 Å². The van der Waals surface area contributed by atoms with Crippen molar-refractivity contribution < 1.29 is 9.13 Å². The van der Waals surface area contributed by atoms with E-state index in [4.69, 9.17) is 15.5 Å². The third kappa shape index (κ3) is 3.85. The highest BCUT2D eigenvalue weighted by atomic mass is 32.2. The topological polar surface area (TPSA) is 77.2 Å². The Bertz CT molecular complexity index is 765. The number of thioether (sulfide) groups is 1. The molecule has 0 amide bonds. The fourth-order valence-corrected chi connectivity index (χ4v) is 2.84. The fourth-order valence-electron chi connectivity index (χ4n) is 2.52. The summed E-state index contributed by atoms with van der Waals surface area (Å²) in [6.45, 7) is 6.87. The highest BCUT2D eigenvalue weighted by molar-refractivity contribution is 7.99. The maximum Gasteiger partial charge on any atom is 0.226 e. The second-order valence-corrected chi connectivity index (χ2v) is 7.77. The highest BCUT2D eigenvalue weighted by Crippen LogP contribution is 2.35. The first-order chi connectivity index (χ1) is 11.9. The molecule has 6 nitrogen and oxygen atoms in total. The summed E-state index contributed by atoms with van der Waals surface area (Å²) < 4.78 is 19.6. The van der Waals surface area contributed by atoms with E-state index in [-0.39, 0.29) is 10.6 Å². The minimum absolute atomic E-state index is 0.147. The van der Waals surface area contributed by atoms with Crippen LogP contribution in [0.15, 0.2) is 18.3 Å². The number of hydrogen-bond donors (Lipinski definition) is 1. The molecular formula is C17H22FN5OS. The van der Waals surface area contributed by atoms with Crippen LogP contribution in [0.25, 0.3) is 11.3 Å². The highest BCUT2D eigenvalue weighted by Gasteiger charge is 2.25. The smallest absolute Gasteiger partial charge is 0.226 e. The van der Waals surface area contributed by atoms with Crippen molar-refractivity contribution in [1.29, 1.82) is 0 Å². The average molecular weight is 363 g/mol. The average Bonchev–Trinajstić information content (AvgIpc) is 2.62. The van der Waals surface area contributed by atoms with Crippen LogP contribution in [0.2, 0.25) is 0 Å². The van der Waals surface area contributed by atoms with Gasteiger partial charge in [0.1, 0.15) is 11.6 Å². The van der Waals surface area contributed by atoms with Gasteiger partial charge in [-0.3, -0.25) is 0 Å². The van der Waals surface area contributed by atoms with Crippen molar-refractivity contribution in [3.63, 3.8) is 0 Å². The number of aromatic nitrogens is 3. The van der Waals surface area contributed by atoms with Crippen molar-refractivity contribution in [2.75, 3.05) is 43.2 Å². The second-order valence-electron chi connectivity index (χ2n) is 6.34. The molecule has 1 saturated heterocycles. The molecule has 3 rings (SSSR count). The van der Waals surface area contributed by atoms with Crippen LogP contribution in [0, 0.1) is 5.82 Å². The molecule has 0 atom stereocenters. The predicted octanol–water partition coefficient (Wildman–Crippen LogP) is 2.69. The summed E-state index contributed by atoms with van der Waals surface area (Å²) in [7, 11) is 0. The Labute approximate surface area is 151 Å². The van der Waals surface area contributed by atoms with Crippen LogP contribution in [-0.4, -0.2) is 47.5 Å². The minimum Gasteiger partial charge on any atom is -0.384 e. The van der Waals surface area contributed by atoms with E-state index in [0.717, 1.165) is 5.69 Å². The Balaban J connectivity index is 2.11. The minimum atomic E-state index is -0.438. The molecule has 0 bridgehead atoms. The van der Waals surface area contributed by atoms with E-state index < -0.39 is 5.82 Å². The quantitative estimate of drug-likeness (QED) is 0.895. The zero-order chi connectivity index (χ0) is 18.0. The zero-order valence-corrected chi connectivity index (χ0v) is 15.4. The summed E-state index contributed by atoms with van der Waals surface area (Å²) in [5, 5.41) is 0. The van der Waals surface area contributed by atoms with Gasteiger partial charge in [-0.25, -0.2) is 19.3 Å². The summed E-state index contributed by atoms with van der Waals surface area (Å²) in [5.74, 6) is 0.301. The van der Waals surface area contributed by atoms with Gasteiger partial charge in [0.05, 0.1) is 34.9 Å². The van der Waals surface area contributed by atoms with Crippen molar-refractivity contribution in [2.45, 2.75) is 18.6 Å². The Hall–Kier alpha value is -1.93. The molecule has 3 heterocycles. The summed E-state index contributed by atoms with van der Waals surface area (Å²) in [6, 6.07) is 3.04. The first kappa shape index (κ1) is 17.9. The normalized spacial score (nSPS) is 15.4. The van der Waals surface area contributed by atoms with Crippen molar-refractivity contribution in [2.24, 2.45) is 0 Å². The lowest BCUT2D eigenvalue weighted by atomic mass is 10.1. The van der Waals surface area contributed by atoms with E-state index in [1.807, 2.05) is 12.3 Å². The van der Waals surface area contributed by atoms with Crippen LogP contribution in [0.1, 0.15) is 19.5 Å². The molecular weight excluding hydrogens is 341 g/mol. The van der Waals surface area contributed by atoms with Crippen LogP contribution in [0.3, 0.4) is 0 Å². The van der Waals surface area contributed by atoms with Gasteiger partial charge in [-0.15, -0.1) is 0 Å². The van der Waals surface area contributed by atoms with E-state index in [2.05, 4.69) is 28.7 Å². The molecule has 2 aromatic heterocycles. The van der Waals surface area contributed by atoms with Gasteiger partial charge in [0.25, 0.3) is 0 Å². The monoisotopic (exact) mass is 363 g/mol. The molecule has 0 saturated carbocycles. The van der Waals surface area contributed by atoms with Crippen LogP contribution >= 0.6 is 11.8 Å². The fraction of sp³-hybridized carbons (Fsp3) is 0.471. The number of hydrogen-bond acceptors (Lipinski definition) is 7. The summed E-state index contributed by atoms with van der Waals surface area (Å²) >= 11 is 1.68. The summed E-state index contributed by atoms with van der Waals surface area (Å²) in [4.78, 5) is 15.4. The SMILES string of the molecule is CSC(C)(C)c1cc(-c2cnc(N)cc2F)nc(N2CCOCC2)n1. The lowest BCUT2D eigenvalue weighted by Gasteiger charge is -2.29. The molecule has 1 fully saturated rings. The van der Waals surface area contributed by atoms with Gasteiger partial charge >= 0.3 is 0 Å². The number of anilines is 2. The van der Waals surface area contributed by atoms with E-state index in [1.165, 1.54) is 12.3 Å². The number of halogens is 1. The van der Waals surface area contributed by atoms with Gasteiger partial charge in [-0.2, -0.15) is 11.8 Å². The Morgan fingerprint density at radius 3 is 2.60 bits per heavy atom. The summed E-state index contributed by atoms with van der Waals surface area (Å²) in [6.07, 6.45) is 3.45. The molecule has 1 aliphatic rings. The van der Waals surface area contributed by atoms with Gasteiger partial charge in [0, 0.05) is 25.4 Å². The molecule has 134 valence electrons.